The van der Waals surface area contributed by atoms with Crippen LogP contribution in [0, 0.1) is 0 Å². The Kier molecular flexibility index (Phi) is 6.22. The van der Waals surface area contributed by atoms with Crippen LogP contribution in [0.25, 0.3) is 0 Å². The van der Waals surface area contributed by atoms with Crippen LogP contribution in [0.5, 0.6) is 5.75 Å². The summed E-state index contributed by atoms with van der Waals surface area (Å²) in [5.74, 6) is 0.654. The van der Waals surface area contributed by atoms with Crippen molar-refractivity contribution in [3.63, 3.8) is 0 Å². The molecule has 0 fully saturated rings. The Bertz CT molecular complexity index is 362. The Morgan fingerprint density at radius 3 is 2.56 bits per heavy atom. The topological polar surface area (TPSA) is 61.5 Å². The van der Waals surface area contributed by atoms with Crippen molar-refractivity contribution in [1.82, 2.24) is 0 Å². The van der Waals surface area contributed by atoms with E-state index in [-0.39, 0.29) is 12.0 Å². The van der Waals surface area contributed by atoms with Gasteiger partial charge in [-0.2, -0.15) is 0 Å². The fourth-order valence-corrected chi connectivity index (χ4v) is 1.70. The second-order valence-corrected chi connectivity index (χ2v) is 4.16. The monoisotopic (exact) mass is 251 g/mol. The van der Waals surface area contributed by atoms with Crippen LogP contribution in [0.15, 0.2) is 24.3 Å². The molecule has 2 N–H and O–H groups in total. The van der Waals surface area contributed by atoms with Crippen molar-refractivity contribution >= 4 is 5.97 Å². The molecule has 4 nitrogen and oxygen atoms in total. The largest absolute Gasteiger partial charge is 0.497 e. The lowest BCUT2D eigenvalue weighted by atomic mass is 10.0. The third-order valence-corrected chi connectivity index (χ3v) is 2.68. The number of hydrogen-bond donors (Lipinski definition) is 1. The van der Waals surface area contributed by atoms with E-state index in [1.54, 1.807) is 14.0 Å². The molecule has 0 aliphatic carbocycles. The summed E-state index contributed by atoms with van der Waals surface area (Å²) >= 11 is 0. The molecule has 1 rings (SSSR count). The Morgan fingerprint density at radius 2 is 2.00 bits per heavy atom. The van der Waals surface area contributed by atoms with E-state index in [0.29, 0.717) is 19.4 Å². The van der Waals surface area contributed by atoms with Crippen molar-refractivity contribution in [2.45, 2.75) is 32.2 Å². The number of rotatable bonds is 7. The van der Waals surface area contributed by atoms with Gasteiger partial charge in [-0.25, -0.2) is 0 Å². The maximum atomic E-state index is 11.2. The average molecular weight is 251 g/mol. The van der Waals surface area contributed by atoms with Crippen LogP contribution in [-0.2, 0) is 16.0 Å². The third kappa shape index (κ3) is 5.19. The van der Waals surface area contributed by atoms with Gasteiger partial charge in [0.15, 0.2) is 0 Å². The van der Waals surface area contributed by atoms with E-state index < -0.39 is 0 Å². The molecular weight excluding hydrogens is 230 g/mol. The molecule has 0 bridgehead atoms. The quantitative estimate of drug-likeness (QED) is 0.752. The first-order chi connectivity index (χ1) is 8.65. The number of carbonyl (C=O) groups is 1. The number of hydrogen-bond acceptors (Lipinski definition) is 4. The van der Waals surface area contributed by atoms with Crippen molar-refractivity contribution in [2.75, 3.05) is 13.7 Å². The fourth-order valence-electron chi connectivity index (χ4n) is 1.70. The van der Waals surface area contributed by atoms with Crippen LogP contribution in [-0.4, -0.2) is 25.7 Å². The van der Waals surface area contributed by atoms with Crippen LogP contribution in [0.2, 0.25) is 0 Å². The molecule has 0 aliphatic heterocycles. The smallest absolute Gasteiger partial charge is 0.305 e. The molecule has 0 aromatic heterocycles. The van der Waals surface area contributed by atoms with Crippen LogP contribution >= 0.6 is 0 Å². The number of nitrogens with two attached hydrogens (primary N) is 1. The Balaban J connectivity index is 2.34. The van der Waals surface area contributed by atoms with Crippen LogP contribution in [0.3, 0.4) is 0 Å². The first-order valence-corrected chi connectivity index (χ1v) is 6.19. The fraction of sp³-hybridized carbons (Fsp3) is 0.500. The molecule has 0 spiro atoms. The van der Waals surface area contributed by atoms with E-state index in [1.807, 2.05) is 24.3 Å². The van der Waals surface area contributed by atoms with Crippen molar-refractivity contribution < 1.29 is 14.3 Å². The molecule has 18 heavy (non-hydrogen) atoms. The first-order valence-electron chi connectivity index (χ1n) is 6.19. The number of carbonyl (C=O) groups excluding carboxylic acids is 1. The van der Waals surface area contributed by atoms with Crippen molar-refractivity contribution in [2.24, 2.45) is 5.73 Å². The summed E-state index contributed by atoms with van der Waals surface area (Å²) in [5, 5.41) is 0. The van der Waals surface area contributed by atoms with Crippen molar-refractivity contribution in [1.29, 1.82) is 0 Å². The van der Waals surface area contributed by atoms with Gasteiger partial charge >= 0.3 is 5.97 Å². The van der Waals surface area contributed by atoms with Gasteiger partial charge in [-0.15, -0.1) is 0 Å². The van der Waals surface area contributed by atoms with Gasteiger partial charge in [0.1, 0.15) is 5.75 Å². The van der Waals surface area contributed by atoms with Gasteiger partial charge in [0.2, 0.25) is 0 Å². The zero-order valence-corrected chi connectivity index (χ0v) is 11.0. The Morgan fingerprint density at radius 1 is 1.33 bits per heavy atom. The standard InChI is InChI=1S/C14H21NO3/c1-3-18-14(16)9-6-12(15)10-11-4-7-13(17-2)8-5-11/h4-5,7-8,12H,3,6,9-10,15H2,1-2H3. The maximum Gasteiger partial charge on any atom is 0.305 e. The number of methoxy groups -OCH3 is 1. The second-order valence-electron chi connectivity index (χ2n) is 4.16. The molecule has 1 unspecified atom stereocenters. The summed E-state index contributed by atoms with van der Waals surface area (Å²) in [7, 11) is 1.64. The van der Waals surface area contributed by atoms with E-state index in [1.165, 1.54) is 0 Å². The zero-order chi connectivity index (χ0) is 13.4. The highest BCUT2D eigenvalue weighted by Crippen LogP contribution is 2.13. The maximum absolute atomic E-state index is 11.2. The SMILES string of the molecule is CCOC(=O)CCC(N)Cc1ccc(OC)cc1. The van der Waals surface area contributed by atoms with Gasteiger partial charge in [-0.3, -0.25) is 4.79 Å². The number of esters is 1. The third-order valence-electron chi connectivity index (χ3n) is 2.68. The summed E-state index contributed by atoms with van der Waals surface area (Å²) in [4.78, 5) is 11.2. The highest BCUT2D eigenvalue weighted by Gasteiger charge is 2.08. The molecule has 0 saturated carbocycles. The van der Waals surface area contributed by atoms with Crippen molar-refractivity contribution in [3.8, 4) is 5.75 Å². The molecular formula is C14H21NO3. The van der Waals surface area contributed by atoms with Gasteiger partial charge in [-0.1, -0.05) is 12.1 Å². The highest BCUT2D eigenvalue weighted by molar-refractivity contribution is 5.69. The van der Waals surface area contributed by atoms with Crippen LogP contribution in [0.4, 0.5) is 0 Å². The molecule has 0 radical (unpaired) electrons. The van der Waals surface area contributed by atoms with Gasteiger partial charge in [0, 0.05) is 12.5 Å². The Labute approximate surface area is 108 Å². The average Bonchev–Trinajstić information content (AvgIpc) is 2.38. The number of benzene rings is 1. The molecule has 0 aliphatic rings. The summed E-state index contributed by atoms with van der Waals surface area (Å²) in [6.45, 7) is 2.22. The normalized spacial score (nSPS) is 11.9. The predicted molar refractivity (Wildman–Crippen MR) is 70.5 cm³/mol. The minimum absolute atomic E-state index is 0.0252. The van der Waals surface area contributed by atoms with Crippen LogP contribution < -0.4 is 10.5 Å². The molecule has 0 amide bonds. The molecule has 0 saturated heterocycles. The molecule has 1 aromatic carbocycles. The van der Waals surface area contributed by atoms with Gasteiger partial charge in [0.05, 0.1) is 13.7 Å². The van der Waals surface area contributed by atoms with E-state index in [4.69, 9.17) is 15.2 Å². The highest BCUT2D eigenvalue weighted by atomic mass is 16.5. The van der Waals surface area contributed by atoms with Gasteiger partial charge in [-0.05, 0) is 37.5 Å². The minimum atomic E-state index is -0.178. The lowest BCUT2D eigenvalue weighted by molar-refractivity contribution is -0.143. The van der Waals surface area contributed by atoms with E-state index >= 15 is 0 Å². The second kappa shape index (κ2) is 7.71. The lowest BCUT2D eigenvalue weighted by Gasteiger charge is -2.11. The molecule has 0 heterocycles. The molecule has 100 valence electrons. The summed E-state index contributed by atoms with van der Waals surface area (Å²) in [5.41, 5.74) is 7.13. The summed E-state index contributed by atoms with van der Waals surface area (Å²) in [6, 6.07) is 7.77. The van der Waals surface area contributed by atoms with E-state index in [2.05, 4.69) is 0 Å². The zero-order valence-electron chi connectivity index (χ0n) is 11.0. The van der Waals surface area contributed by atoms with Crippen LogP contribution in [0.1, 0.15) is 25.3 Å². The molecule has 1 atom stereocenters. The predicted octanol–water partition coefficient (Wildman–Crippen LogP) is 1.91. The van der Waals surface area contributed by atoms with Crippen molar-refractivity contribution in [3.05, 3.63) is 29.8 Å². The van der Waals surface area contributed by atoms with E-state index in [9.17, 15) is 4.79 Å². The minimum Gasteiger partial charge on any atom is -0.497 e. The Hall–Kier alpha value is -1.55. The molecule has 1 aromatic rings. The van der Waals surface area contributed by atoms with Gasteiger partial charge in [0.25, 0.3) is 0 Å². The first kappa shape index (κ1) is 14.5. The summed E-state index contributed by atoms with van der Waals surface area (Å²) in [6.07, 6.45) is 1.78. The summed E-state index contributed by atoms with van der Waals surface area (Å²) < 4.78 is 9.95. The number of ether oxygens (including phenoxy) is 2. The van der Waals surface area contributed by atoms with Gasteiger partial charge < -0.3 is 15.2 Å². The van der Waals surface area contributed by atoms with E-state index in [0.717, 1.165) is 17.7 Å². The lowest BCUT2D eigenvalue weighted by Crippen LogP contribution is -2.24. The molecule has 4 heteroatoms.